The quantitative estimate of drug-likeness (QED) is 0.486. The maximum absolute atomic E-state index is 11.7. The van der Waals surface area contributed by atoms with Crippen LogP contribution in [0.15, 0.2) is 36.4 Å². The Balaban J connectivity index is 3.15. The van der Waals surface area contributed by atoms with Crippen LogP contribution < -0.4 is 0 Å². The summed E-state index contributed by atoms with van der Waals surface area (Å²) in [7, 11) is 2.52. The molecule has 0 N–H and O–H groups in total. The minimum absolute atomic E-state index is 0.242. The topological polar surface area (TPSA) is 52.6 Å². The molecule has 0 amide bonds. The average molecular weight is 315 g/mol. The molecule has 0 heterocycles. The molecule has 6 heteroatoms. The fraction of sp³-hybridized carbons (Fsp3) is 0.143. The van der Waals surface area contributed by atoms with Gasteiger partial charge in [-0.25, -0.2) is 9.59 Å². The lowest BCUT2D eigenvalue weighted by Crippen LogP contribution is -2.04. The van der Waals surface area contributed by atoms with Gasteiger partial charge in [0.15, 0.2) is 0 Å². The number of halogens is 2. The molecule has 0 fully saturated rings. The van der Waals surface area contributed by atoms with Crippen molar-refractivity contribution in [1.82, 2.24) is 0 Å². The van der Waals surface area contributed by atoms with E-state index in [-0.39, 0.29) is 5.57 Å². The van der Waals surface area contributed by atoms with Crippen LogP contribution in [0.2, 0.25) is 10.0 Å². The van der Waals surface area contributed by atoms with Crippen molar-refractivity contribution in [3.05, 3.63) is 52.0 Å². The Hall–Kier alpha value is -1.78. The van der Waals surface area contributed by atoms with Crippen LogP contribution in [0.5, 0.6) is 0 Å². The molecule has 0 saturated heterocycles. The number of carbonyl (C=O) groups excluding carboxylic acids is 2. The number of esters is 2. The van der Waals surface area contributed by atoms with Crippen LogP contribution >= 0.6 is 23.2 Å². The van der Waals surface area contributed by atoms with Crippen molar-refractivity contribution in [1.29, 1.82) is 0 Å². The second kappa shape index (κ2) is 7.72. The monoisotopic (exact) mass is 314 g/mol. The van der Waals surface area contributed by atoms with E-state index in [2.05, 4.69) is 9.47 Å². The van der Waals surface area contributed by atoms with Gasteiger partial charge >= 0.3 is 11.9 Å². The summed E-state index contributed by atoms with van der Waals surface area (Å²) in [6, 6.07) is 4.74. The summed E-state index contributed by atoms with van der Waals surface area (Å²) in [6.07, 6.45) is 4.00. The van der Waals surface area contributed by atoms with E-state index in [9.17, 15) is 9.59 Å². The van der Waals surface area contributed by atoms with Gasteiger partial charge in [-0.3, -0.25) is 0 Å². The van der Waals surface area contributed by atoms with Crippen LogP contribution in [0.1, 0.15) is 5.56 Å². The number of allylic oxidation sites excluding steroid dienone is 2. The van der Waals surface area contributed by atoms with Gasteiger partial charge in [0.2, 0.25) is 0 Å². The van der Waals surface area contributed by atoms with Gasteiger partial charge in [-0.05, 0) is 23.8 Å². The molecule has 1 rings (SSSR count). The Kier molecular flexibility index (Phi) is 6.28. The Bertz CT molecular complexity index is 577. The van der Waals surface area contributed by atoms with Crippen LogP contribution in [0.4, 0.5) is 0 Å². The lowest BCUT2D eigenvalue weighted by molar-refractivity contribution is -0.135. The van der Waals surface area contributed by atoms with Crippen molar-refractivity contribution in [3.8, 4) is 0 Å². The number of hydrogen-bond donors (Lipinski definition) is 0. The van der Waals surface area contributed by atoms with E-state index in [1.807, 2.05) is 0 Å². The smallest absolute Gasteiger partial charge is 0.338 e. The molecule has 0 aromatic heterocycles. The molecule has 4 nitrogen and oxygen atoms in total. The maximum Gasteiger partial charge on any atom is 0.338 e. The SMILES string of the molecule is COC(=O)/C=C\C=C(/C(=O)OC)c1ccc(Cl)c(Cl)c1. The zero-order chi connectivity index (χ0) is 15.1. The van der Waals surface area contributed by atoms with Gasteiger partial charge < -0.3 is 9.47 Å². The molecule has 0 saturated carbocycles. The van der Waals surface area contributed by atoms with Crippen molar-refractivity contribution < 1.29 is 19.1 Å². The largest absolute Gasteiger partial charge is 0.466 e. The van der Waals surface area contributed by atoms with Gasteiger partial charge in [0.1, 0.15) is 0 Å². The van der Waals surface area contributed by atoms with E-state index in [4.69, 9.17) is 23.2 Å². The molecule has 20 heavy (non-hydrogen) atoms. The fourth-order valence-electron chi connectivity index (χ4n) is 1.35. The molecule has 0 radical (unpaired) electrons. The predicted octanol–water partition coefficient (Wildman–Crippen LogP) is 3.28. The first kappa shape index (κ1) is 16.3. The molecule has 0 aliphatic heterocycles. The molecule has 0 unspecified atom stereocenters. The van der Waals surface area contributed by atoms with Crippen molar-refractivity contribution in [2.45, 2.75) is 0 Å². The van der Waals surface area contributed by atoms with Crippen LogP contribution in [-0.2, 0) is 19.1 Å². The fourth-order valence-corrected chi connectivity index (χ4v) is 1.64. The molecule has 0 spiro atoms. The highest BCUT2D eigenvalue weighted by Crippen LogP contribution is 2.26. The number of benzene rings is 1. The Morgan fingerprint density at radius 3 is 2.35 bits per heavy atom. The number of rotatable bonds is 4. The lowest BCUT2D eigenvalue weighted by Gasteiger charge is -2.06. The minimum Gasteiger partial charge on any atom is -0.466 e. The summed E-state index contributed by atoms with van der Waals surface area (Å²) >= 11 is 11.7. The normalized spacial score (nSPS) is 11.5. The molecule has 0 aliphatic carbocycles. The van der Waals surface area contributed by atoms with E-state index in [1.165, 1.54) is 32.4 Å². The van der Waals surface area contributed by atoms with Gasteiger partial charge in [-0.1, -0.05) is 35.3 Å². The molecular formula is C14H12Cl2O4. The van der Waals surface area contributed by atoms with E-state index < -0.39 is 11.9 Å². The van der Waals surface area contributed by atoms with Crippen molar-refractivity contribution >= 4 is 40.7 Å². The summed E-state index contributed by atoms with van der Waals surface area (Å²) < 4.78 is 9.14. The van der Waals surface area contributed by atoms with Gasteiger partial charge in [0, 0.05) is 6.08 Å². The van der Waals surface area contributed by atoms with Crippen molar-refractivity contribution in [3.63, 3.8) is 0 Å². The van der Waals surface area contributed by atoms with Crippen molar-refractivity contribution in [2.75, 3.05) is 14.2 Å². The third-order valence-electron chi connectivity index (χ3n) is 2.33. The zero-order valence-electron chi connectivity index (χ0n) is 10.9. The second-order valence-electron chi connectivity index (χ2n) is 3.58. The first-order valence-electron chi connectivity index (χ1n) is 5.49. The molecule has 0 aliphatic rings. The maximum atomic E-state index is 11.7. The van der Waals surface area contributed by atoms with Gasteiger partial charge in [-0.15, -0.1) is 0 Å². The highest BCUT2D eigenvalue weighted by Gasteiger charge is 2.12. The number of methoxy groups -OCH3 is 2. The predicted molar refractivity (Wildman–Crippen MR) is 77.6 cm³/mol. The standard InChI is InChI=1S/C14H12Cl2O4/c1-19-13(17)5-3-4-10(14(18)20-2)9-6-7-11(15)12(16)8-9/h3-8H,1-2H3/b5-3-,10-4-. The summed E-state index contributed by atoms with van der Waals surface area (Å²) in [5.74, 6) is -1.09. The van der Waals surface area contributed by atoms with Crippen LogP contribution in [0.3, 0.4) is 0 Å². The molecule has 0 bridgehead atoms. The number of ether oxygens (including phenoxy) is 2. The highest BCUT2D eigenvalue weighted by atomic mass is 35.5. The van der Waals surface area contributed by atoms with E-state index >= 15 is 0 Å². The van der Waals surface area contributed by atoms with Gasteiger partial charge in [0.05, 0.1) is 29.8 Å². The Labute approximate surface area is 126 Å². The molecule has 1 aromatic carbocycles. The highest BCUT2D eigenvalue weighted by molar-refractivity contribution is 6.42. The second-order valence-corrected chi connectivity index (χ2v) is 4.40. The zero-order valence-corrected chi connectivity index (χ0v) is 12.4. The van der Waals surface area contributed by atoms with E-state index in [0.29, 0.717) is 15.6 Å². The minimum atomic E-state index is -0.557. The van der Waals surface area contributed by atoms with E-state index in [0.717, 1.165) is 0 Å². The molecule has 1 aromatic rings. The number of carbonyl (C=O) groups is 2. The van der Waals surface area contributed by atoms with Gasteiger partial charge in [0.25, 0.3) is 0 Å². The molecular weight excluding hydrogens is 303 g/mol. The number of hydrogen-bond acceptors (Lipinski definition) is 4. The third-order valence-corrected chi connectivity index (χ3v) is 3.07. The van der Waals surface area contributed by atoms with Crippen LogP contribution in [-0.4, -0.2) is 26.2 Å². The van der Waals surface area contributed by atoms with Crippen LogP contribution in [0, 0.1) is 0 Å². The molecule has 0 atom stereocenters. The summed E-state index contributed by atoms with van der Waals surface area (Å²) in [6.45, 7) is 0. The van der Waals surface area contributed by atoms with Gasteiger partial charge in [-0.2, -0.15) is 0 Å². The summed E-state index contributed by atoms with van der Waals surface area (Å²) in [4.78, 5) is 22.7. The van der Waals surface area contributed by atoms with Crippen molar-refractivity contribution in [2.24, 2.45) is 0 Å². The molecule has 106 valence electrons. The lowest BCUT2D eigenvalue weighted by atomic mass is 10.1. The van der Waals surface area contributed by atoms with Crippen LogP contribution in [0.25, 0.3) is 5.57 Å². The first-order valence-corrected chi connectivity index (χ1v) is 6.25. The Morgan fingerprint density at radius 2 is 1.80 bits per heavy atom. The summed E-state index contributed by atoms with van der Waals surface area (Å²) in [5.41, 5.74) is 0.770. The summed E-state index contributed by atoms with van der Waals surface area (Å²) in [5, 5.41) is 0.695. The first-order chi connectivity index (χ1) is 9.49. The third kappa shape index (κ3) is 4.40. The Morgan fingerprint density at radius 1 is 1.10 bits per heavy atom. The average Bonchev–Trinajstić information content (AvgIpc) is 2.45. The van der Waals surface area contributed by atoms with E-state index in [1.54, 1.807) is 18.2 Å².